The van der Waals surface area contributed by atoms with Crippen LogP contribution in [0.5, 0.6) is 0 Å². The zero-order chi connectivity index (χ0) is 9.54. The van der Waals surface area contributed by atoms with E-state index >= 15 is 0 Å². The summed E-state index contributed by atoms with van der Waals surface area (Å²) in [6, 6.07) is 0.411. The van der Waals surface area contributed by atoms with Crippen molar-refractivity contribution >= 4 is 0 Å². The van der Waals surface area contributed by atoms with Crippen LogP contribution in [-0.2, 0) is 7.05 Å². The highest BCUT2D eigenvalue weighted by Gasteiger charge is 2.30. The van der Waals surface area contributed by atoms with Crippen LogP contribution in [0.3, 0.4) is 0 Å². The summed E-state index contributed by atoms with van der Waals surface area (Å²) in [4.78, 5) is 4.64. The van der Waals surface area contributed by atoms with Crippen molar-refractivity contribution in [3.63, 3.8) is 0 Å². The zero-order valence-corrected chi connectivity index (χ0v) is 8.53. The minimum Gasteiger partial charge on any atom is -0.307 e. The fourth-order valence-corrected chi connectivity index (χ4v) is 2.17. The molecule has 14 heavy (non-hydrogen) atoms. The van der Waals surface area contributed by atoms with Crippen molar-refractivity contribution in [2.45, 2.75) is 37.6 Å². The van der Waals surface area contributed by atoms with Crippen LogP contribution in [0.1, 0.15) is 49.3 Å². The Morgan fingerprint density at radius 2 is 2.21 bits per heavy atom. The van der Waals surface area contributed by atoms with Gasteiger partial charge in [-0.05, 0) is 32.2 Å². The molecule has 1 aromatic heterocycles. The Hall–Kier alpha value is -0.900. The minimum atomic E-state index is 0.411. The molecule has 0 bridgehead atoms. The molecule has 0 amide bonds. The molecule has 2 aliphatic rings. The van der Waals surface area contributed by atoms with Gasteiger partial charge in [-0.1, -0.05) is 0 Å². The first kappa shape index (κ1) is 8.41. The van der Waals surface area contributed by atoms with Gasteiger partial charge in [0, 0.05) is 13.0 Å². The Bertz CT molecular complexity index is 334. The highest BCUT2D eigenvalue weighted by Crippen LogP contribution is 2.39. The molecule has 1 atom stereocenters. The molecule has 0 spiro atoms. The second kappa shape index (κ2) is 3.05. The molecule has 1 unspecified atom stereocenters. The summed E-state index contributed by atoms with van der Waals surface area (Å²) in [5, 5.41) is 7.93. The number of aromatic nitrogens is 3. The van der Waals surface area contributed by atoms with Gasteiger partial charge in [0.05, 0.1) is 6.04 Å². The summed E-state index contributed by atoms with van der Waals surface area (Å²) < 4.78 is 1.97. The van der Waals surface area contributed by atoms with Gasteiger partial charge >= 0.3 is 0 Å². The minimum absolute atomic E-state index is 0.411. The summed E-state index contributed by atoms with van der Waals surface area (Å²) in [6.07, 6.45) is 5.03. The Labute approximate surface area is 83.7 Å². The van der Waals surface area contributed by atoms with Crippen LogP contribution in [0, 0.1) is 0 Å². The van der Waals surface area contributed by atoms with Gasteiger partial charge in [0.15, 0.2) is 5.82 Å². The van der Waals surface area contributed by atoms with Gasteiger partial charge in [-0.15, -0.1) is 0 Å². The van der Waals surface area contributed by atoms with Crippen molar-refractivity contribution < 1.29 is 0 Å². The topological polar surface area (TPSA) is 42.7 Å². The van der Waals surface area contributed by atoms with Crippen molar-refractivity contribution in [2.75, 3.05) is 6.54 Å². The standard InChI is InChI=1S/C10H16N4/c1-14-10(7-4-5-7)12-9(13-14)8-3-2-6-11-8/h7-8,11H,2-6H2,1H3. The van der Waals surface area contributed by atoms with Crippen molar-refractivity contribution in [1.29, 1.82) is 0 Å². The molecule has 1 aliphatic carbocycles. The van der Waals surface area contributed by atoms with E-state index in [9.17, 15) is 0 Å². The lowest BCUT2D eigenvalue weighted by Crippen LogP contribution is -2.14. The quantitative estimate of drug-likeness (QED) is 0.763. The number of hydrogen-bond donors (Lipinski definition) is 1. The summed E-state index contributed by atoms with van der Waals surface area (Å²) in [6.45, 7) is 1.11. The third-order valence-corrected chi connectivity index (χ3v) is 3.13. The Balaban J connectivity index is 1.87. The number of nitrogens with one attached hydrogen (secondary N) is 1. The van der Waals surface area contributed by atoms with Crippen molar-refractivity contribution in [3.05, 3.63) is 11.6 Å². The lowest BCUT2D eigenvalue weighted by molar-refractivity contribution is 0.594. The van der Waals surface area contributed by atoms with Crippen LogP contribution in [0.2, 0.25) is 0 Å². The number of aryl methyl sites for hydroxylation is 1. The normalized spacial score (nSPS) is 27.1. The molecule has 1 N–H and O–H groups in total. The van der Waals surface area contributed by atoms with Gasteiger partial charge < -0.3 is 5.32 Å². The molecule has 2 fully saturated rings. The maximum Gasteiger partial charge on any atom is 0.167 e. The highest BCUT2D eigenvalue weighted by molar-refractivity contribution is 5.09. The summed E-state index contributed by atoms with van der Waals surface area (Å²) in [5.74, 6) is 2.89. The largest absolute Gasteiger partial charge is 0.307 e. The average Bonchev–Trinajstić information content (AvgIpc) is 2.75. The van der Waals surface area contributed by atoms with E-state index in [1.54, 1.807) is 0 Å². The number of hydrogen-bond acceptors (Lipinski definition) is 3. The molecule has 4 nitrogen and oxygen atoms in total. The first-order chi connectivity index (χ1) is 6.84. The van der Waals surface area contributed by atoms with Crippen LogP contribution in [0.4, 0.5) is 0 Å². The molecule has 4 heteroatoms. The number of nitrogens with zero attached hydrogens (tertiary/aromatic N) is 3. The highest BCUT2D eigenvalue weighted by atomic mass is 15.3. The summed E-state index contributed by atoms with van der Waals surface area (Å²) in [5.41, 5.74) is 0. The predicted molar refractivity (Wildman–Crippen MR) is 53.0 cm³/mol. The van der Waals surface area contributed by atoms with Gasteiger partial charge in [0.2, 0.25) is 0 Å². The lowest BCUT2D eigenvalue weighted by atomic mass is 10.2. The Morgan fingerprint density at radius 1 is 1.36 bits per heavy atom. The first-order valence-corrected chi connectivity index (χ1v) is 5.49. The lowest BCUT2D eigenvalue weighted by Gasteiger charge is -2.02. The van der Waals surface area contributed by atoms with E-state index in [-0.39, 0.29) is 0 Å². The maximum atomic E-state index is 4.64. The predicted octanol–water partition coefficient (Wildman–Crippen LogP) is 1.12. The van der Waals surface area contributed by atoms with Crippen LogP contribution in [-0.4, -0.2) is 21.3 Å². The third kappa shape index (κ3) is 1.34. The van der Waals surface area contributed by atoms with Crippen LogP contribution < -0.4 is 5.32 Å². The molecular formula is C10H16N4. The van der Waals surface area contributed by atoms with Gasteiger partial charge in [0.1, 0.15) is 5.82 Å². The van der Waals surface area contributed by atoms with Crippen molar-refractivity contribution in [3.8, 4) is 0 Å². The fourth-order valence-electron chi connectivity index (χ4n) is 2.17. The van der Waals surface area contributed by atoms with Crippen LogP contribution in [0.25, 0.3) is 0 Å². The van der Waals surface area contributed by atoms with E-state index < -0.39 is 0 Å². The first-order valence-electron chi connectivity index (χ1n) is 5.49. The summed E-state index contributed by atoms with van der Waals surface area (Å²) in [7, 11) is 2.01. The molecule has 1 saturated heterocycles. The van der Waals surface area contributed by atoms with Crippen LogP contribution >= 0.6 is 0 Å². The van der Waals surface area contributed by atoms with Gasteiger partial charge in [-0.25, -0.2) is 4.98 Å². The van der Waals surface area contributed by atoms with Crippen molar-refractivity contribution in [1.82, 2.24) is 20.1 Å². The number of rotatable bonds is 2. The second-order valence-electron chi connectivity index (χ2n) is 4.38. The molecule has 76 valence electrons. The second-order valence-corrected chi connectivity index (χ2v) is 4.38. The third-order valence-electron chi connectivity index (χ3n) is 3.13. The van der Waals surface area contributed by atoms with E-state index in [1.165, 1.54) is 31.5 Å². The molecule has 1 aliphatic heterocycles. The molecule has 3 rings (SSSR count). The van der Waals surface area contributed by atoms with E-state index in [4.69, 9.17) is 0 Å². The fraction of sp³-hybridized carbons (Fsp3) is 0.800. The Kier molecular flexibility index (Phi) is 1.83. The van der Waals surface area contributed by atoms with Gasteiger partial charge in [-0.2, -0.15) is 5.10 Å². The van der Waals surface area contributed by atoms with Crippen molar-refractivity contribution in [2.24, 2.45) is 7.05 Å². The molecule has 1 aromatic rings. The molecular weight excluding hydrogens is 176 g/mol. The molecule has 0 radical (unpaired) electrons. The van der Waals surface area contributed by atoms with Gasteiger partial charge in [-0.3, -0.25) is 4.68 Å². The smallest absolute Gasteiger partial charge is 0.167 e. The van der Waals surface area contributed by atoms with E-state index in [1.807, 2.05) is 11.7 Å². The summed E-state index contributed by atoms with van der Waals surface area (Å²) >= 11 is 0. The van der Waals surface area contributed by atoms with E-state index in [0.717, 1.165) is 12.4 Å². The SMILES string of the molecule is Cn1nc(C2CCCN2)nc1C1CC1. The van der Waals surface area contributed by atoms with Crippen LogP contribution in [0.15, 0.2) is 0 Å². The Morgan fingerprint density at radius 3 is 2.86 bits per heavy atom. The molecule has 2 heterocycles. The molecule has 1 saturated carbocycles. The monoisotopic (exact) mass is 192 g/mol. The zero-order valence-electron chi connectivity index (χ0n) is 8.53. The van der Waals surface area contributed by atoms with E-state index in [2.05, 4.69) is 15.4 Å². The van der Waals surface area contributed by atoms with Gasteiger partial charge in [0.25, 0.3) is 0 Å². The molecule has 0 aromatic carbocycles. The average molecular weight is 192 g/mol. The van der Waals surface area contributed by atoms with E-state index in [0.29, 0.717) is 12.0 Å². The maximum absolute atomic E-state index is 4.64.